The number of nitrogens with one attached hydrogen (secondary N) is 9. The van der Waals surface area contributed by atoms with Crippen LogP contribution < -0.4 is 21.5 Å². The first kappa shape index (κ1) is 89.5. The molecule has 8 heterocycles. The highest BCUT2D eigenvalue weighted by Gasteiger charge is 2.13. The fraction of sp³-hybridized carbons (Fsp3) is 0.134. The van der Waals surface area contributed by atoms with Gasteiger partial charge in [-0.1, -0.05) is 97.1 Å². The van der Waals surface area contributed by atoms with Crippen LogP contribution in [-0.2, 0) is 69.8 Å². The number of benzene rings is 8. The third-order valence-corrected chi connectivity index (χ3v) is 12.2. The Bertz CT molecular complexity index is 5080. The monoisotopic (exact) mass is 1640 g/mol. The zero-order valence-electron chi connectivity index (χ0n) is 60.2. The van der Waals surface area contributed by atoms with E-state index < -0.39 is 66.2 Å². The number of primary sulfonamides is 2. The Kier molecular flexibility index (Phi) is 32.6. The van der Waals surface area contributed by atoms with E-state index in [2.05, 4.69) is 95.9 Å². The first-order chi connectivity index (χ1) is 51.6. The van der Waals surface area contributed by atoms with Gasteiger partial charge in [-0.25, -0.2) is 81.2 Å². The molecule has 16 aromatic rings. The summed E-state index contributed by atoms with van der Waals surface area (Å²) in [6.45, 7) is 2.43. The summed E-state index contributed by atoms with van der Waals surface area (Å²) in [5, 5.41) is 16.1. The number of carbonyl (C=O) groups excluding carboxylic acids is 1. The molecule has 0 bridgehead atoms. The molecule has 0 radical (unpaired) electrons. The fourth-order valence-electron chi connectivity index (χ4n) is 8.52. The van der Waals surface area contributed by atoms with Crippen LogP contribution in [0.15, 0.2) is 194 Å². The molecule has 0 aliphatic carbocycles. The maximum atomic E-state index is 9.63. The Balaban J connectivity index is 0.000000229. The number of sulfonamides is 2. The molecule has 0 saturated heterocycles. The molecule has 0 spiro atoms. The van der Waals surface area contributed by atoms with E-state index in [0.717, 1.165) is 167 Å². The van der Waals surface area contributed by atoms with Crippen LogP contribution in [0.3, 0.4) is 0 Å². The molecule has 590 valence electrons. The molecule has 8 aromatic carbocycles. The number of nitrogens with zero attached hydrogens (tertiary/aromatic N) is 8. The molecule has 8 aromatic heterocycles. The minimum Gasteiger partial charge on any atom is -0.481 e. The number of amides is 1. The van der Waals surface area contributed by atoms with Gasteiger partial charge in [0.25, 0.3) is 36.3 Å². The first-order valence-electron chi connectivity index (χ1n) is 31.2. The predicted octanol–water partition coefficient (Wildman–Crippen LogP) is 7.49. The Hall–Kier alpha value is -12.1. The second kappa shape index (κ2) is 40.4. The minimum atomic E-state index is -3.67. The highest BCUT2D eigenvalue weighted by atomic mass is 32.2. The minimum absolute atomic E-state index is 0.218. The van der Waals surface area contributed by atoms with E-state index in [1.54, 1.807) is 0 Å². The molecular weight excluding hydrogens is 1570 g/mol. The lowest BCUT2D eigenvalue weighted by Gasteiger charge is -1.86. The SMILES string of the molecule is CC(=O)NN.CC(=O)O.CS(=O)(=O)O.CS(=O)(=O)O.CS(=O)(=O)O.CS(C)(=O)=O.CS(N)(=O)=O.CS(N)(=O)=O.c1ccc2[nH]c(-c3nc4ccccc4[nH]3)nc2c1.c1ccc2[nH]c(-c3nc4ccccc4[nH]3)nc2c1.c1ccc2[nH]c(-c3nc4ccccc4[nH]3)nc2c1.c1ccc2[nH]c(-c3nc4ccccc4[nH]3)nc2c1. The zero-order chi connectivity index (χ0) is 82.7. The van der Waals surface area contributed by atoms with Crippen molar-refractivity contribution in [2.45, 2.75) is 13.8 Å². The number of sulfone groups is 1. The number of carboxylic acids is 1. The lowest BCUT2D eigenvalue weighted by Crippen LogP contribution is -2.26. The van der Waals surface area contributed by atoms with Crippen LogP contribution in [0.5, 0.6) is 0 Å². The number of H-pyrrole nitrogens is 8. The van der Waals surface area contributed by atoms with Crippen LogP contribution in [-0.4, -0.2) is 205 Å². The van der Waals surface area contributed by atoms with Crippen LogP contribution in [0.2, 0.25) is 0 Å². The summed E-state index contributed by atoms with van der Waals surface area (Å²) in [6.07, 6.45) is 6.34. The van der Waals surface area contributed by atoms with Crippen molar-refractivity contribution in [3.8, 4) is 46.6 Å². The van der Waals surface area contributed by atoms with Gasteiger partial charge in [-0.3, -0.25) is 28.7 Å². The number of aromatic amines is 8. The number of rotatable bonds is 4. The van der Waals surface area contributed by atoms with Gasteiger partial charge >= 0.3 is 0 Å². The molecule has 38 nitrogen and oxygen atoms in total. The van der Waals surface area contributed by atoms with Gasteiger partial charge in [0.15, 0.2) is 46.6 Å². The summed E-state index contributed by atoms with van der Waals surface area (Å²) in [5.41, 5.74) is 17.7. The maximum Gasteiger partial charge on any atom is 0.300 e. The summed E-state index contributed by atoms with van der Waals surface area (Å²) in [6, 6.07) is 63.7. The van der Waals surface area contributed by atoms with E-state index in [0.29, 0.717) is 18.8 Å². The number of carboxylic acid groups (broad SMARTS) is 1. The van der Waals surface area contributed by atoms with Crippen molar-refractivity contribution in [2.75, 3.05) is 43.8 Å². The van der Waals surface area contributed by atoms with Gasteiger partial charge in [0.1, 0.15) is 9.84 Å². The van der Waals surface area contributed by atoms with E-state index in [1.165, 1.54) is 6.92 Å². The molecule has 0 aliphatic heterocycles. The van der Waals surface area contributed by atoms with Crippen molar-refractivity contribution < 1.29 is 78.9 Å². The second-order valence-electron chi connectivity index (χ2n) is 23.0. The van der Waals surface area contributed by atoms with Gasteiger partial charge in [-0.05, 0) is 97.1 Å². The van der Waals surface area contributed by atoms with E-state index in [1.807, 2.05) is 200 Å². The summed E-state index contributed by atoms with van der Waals surface area (Å²) >= 11 is 0. The van der Waals surface area contributed by atoms with Crippen molar-refractivity contribution >= 4 is 160 Å². The van der Waals surface area contributed by atoms with Gasteiger partial charge < -0.3 is 45.0 Å². The molecule has 0 aliphatic rings. The Labute approximate surface area is 634 Å². The van der Waals surface area contributed by atoms with Gasteiger partial charge in [0.2, 0.25) is 26.0 Å². The lowest BCUT2D eigenvalue weighted by molar-refractivity contribution is -0.134. The number of hydrogen-bond acceptors (Lipinski definition) is 23. The Morgan fingerprint density at radius 2 is 0.369 bits per heavy atom. The summed E-state index contributed by atoms with van der Waals surface area (Å²) in [5.74, 6) is 9.69. The highest BCUT2D eigenvalue weighted by Crippen LogP contribution is 2.25. The van der Waals surface area contributed by atoms with Crippen LogP contribution in [0.25, 0.3) is 135 Å². The summed E-state index contributed by atoms with van der Waals surface area (Å²) in [4.78, 5) is 81.0. The number of hydrogen-bond donors (Lipinski definition) is 16. The first-order valence-corrected chi connectivity index (χ1v) is 43.0. The van der Waals surface area contributed by atoms with Crippen molar-refractivity contribution in [1.29, 1.82) is 0 Å². The number of aromatic nitrogens is 16. The molecule has 0 unspecified atom stereocenters. The summed E-state index contributed by atoms with van der Waals surface area (Å²) in [7, 11) is -20.0. The third-order valence-electron chi connectivity index (χ3n) is 12.2. The average Bonchev–Trinajstić information content (AvgIpc) is 1.67. The van der Waals surface area contributed by atoms with Crippen LogP contribution in [0, 0.1) is 0 Å². The maximum absolute atomic E-state index is 9.63. The van der Waals surface area contributed by atoms with E-state index in [4.69, 9.17) is 23.6 Å². The highest BCUT2D eigenvalue weighted by molar-refractivity contribution is 7.90. The zero-order valence-corrected chi connectivity index (χ0v) is 65.1. The quantitative estimate of drug-likeness (QED) is 0.0351. The molecule has 111 heavy (non-hydrogen) atoms. The average molecular weight is 1640 g/mol. The molecule has 0 atom stereocenters. The van der Waals surface area contributed by atoms with Crippen LogP contribution in [0.4, 0.5) is 0 Å². The van der Waals surface area contributed by atoms with Crippen molar-refractivity contribution in [3.05, 3.63) is 194 Å². The fourth-order valence-corrected chi connectivity index (χ4v) is 8.52. The normalized spacial score (nSPS) is 11.0. The van der Waals surface area contributed by atoms with Crippen molar-refractivity contribution in [2.24, 2.45) is 16.1 Å². The number of fused-ring (bicyclic) bond motifs is 8. The number of imidazole rings is 8. The summed E-state index contributed by atoms with van der Waals surface area (Å²) < 4.78 is 135. The molecular formula is C67H78N20O18S6. The van der Waals surface area contributed by atoms with Crippen molar-refractivity contribution in [3.63, 3.8) is 0 Å². The molecule has 1 amide bonds. The standard InChI is InChI=1S/4C14H10N4.C2H6N2O.C2H6O2S.C2H4O2.2CH5NO2S.3CH4O3S/c4*1-2-6-10-9(5-1)15-13(16-10)14-17-11-7-3-4-8-12(11)18-14;1-2(5)4-3;1-5(2,3)4;1-2(3)4;5*1-5(2,3)4/h4*1-8H,(H,15,16)(H,17,18);3H2,1H3,(H,4,5);1-2H3;1H3,(H,3,4);2*1H3,(H2,2,3,4);3*1H3,(H,2,3,4). The second-order valence-corrected chi connectivity index (χ2v) is 33.0. The van der Waals surface area contributed by atoms with Gasteiger partial charge in [0, 0.05) is 26.4 Å². The number of nitrogens with two attached hydrogens (primary N) is 3. The Morgan fingerprint density at radius 3 is 0.441 bits per heavy atom. The van der Waals surface area contributed by atoms with Crippen LogP contribution in [0.1, 0.15) is 13.8 Å². The number of hydrazine groups is 1. The lowest BCUT2D eigenvalue weighted by atomic mass is 10.3. The number of aliphatic carboxylic acids is 1. The molecule has 0 saturated carbocycles. The van der Waals surface area contributed by atoms with Gasteiger partial charge in [-0.15, -0.1) is 0 Å². The number of para-hydroxylation sites is 16. The van der Waals surface area contributed by atoms with Gasteiger partial charge in [0.05, 0.1) is 120 Å². The van der Waals surface area contributed by atoms with Gasteiger partial charge in [-0.2, -0.15) is 25.3 Å². The molecule has 19 N–H and O–H groups in total. The van der Waals surface area contributed by atoms with E-state index in [-0.39, 0.29) is 5.91 Å². The topological polar surface area (TPSA) is 639 Å². The largest absolute Gasteiger partial charge is 0.481 e. The van der Waals surface area contributed by atoms with E-state index in [9.17, 15) is 55.3 Å². The van der Waals surface area contributed by atoms with Crippen LogP contribution >= 0.6 is 0 Å². The number of carbonyl (C=O) groups is 2. The van der Waals surface area contributed by atoms with E-state index >= 15 is 0 Å². The van der Waals surface area contributed by atoms with Crippen molar-refractivity contribution in [1.82, 2.24) is 85.2 Å². The third kappa shape index (κ3) is 36.1. The molecule has 16 rings (SSSR count). The molecule has 44 heteroatoms. The Morgan fingerprint density at radius 1 is 0.288 bits per heavy atom. The molecule has 0 fully saturated rings. The predicted molar refractivity (Wildman–Crippen MR) is 427 cm³/mol. The smallest absolute Gasteiger partial charge is 0.300 e.